The van der Waals surface area contributed by atoms with Crippen molar-refractivity contribution in [2.75, 3.05) is 26.8 Å². The van der Waals surface area contributed by atoms with Crippen LogP contribution >= 0.6 is 0 Å². The molecule has 0 aromatic heterocycles. The number of nitrogens with one attached hydrogen (secondary N) is 1. The van der Waals surface area contributed by atoms with E-state index < -0.39 is 0 Å². The Morgan fingerprint density at radius 2 is 2.21 bits per heavy atom. The lowest BCUT2D eigenvalue weighted by atomic mass is 9.97. The fourth-order valence-corrected chi connectivity index (χ4v) is 2.98. The second kappa shape index (κ2) is 8.89. The maximum absolute atomic E-state index is 11.7. The minimum absolute atomic E-state index is 0.0284. The van der Waals surface area contributed by atoms with Crippen molar-refractivity contribution < 1.29 is 14.3 Å². The van der Waals surface area contributed by atoms with Crippen LogP contribution in [0.2, 0.25) is 0 Å². The van der Waals surface area contributed by atoms with Crippen LogP contribution in [0.5, 0.6) is 11.5 Å². The van der Waals surface area contributed by atoms with Gasteiger partial charge in [0.25, 0.3) is 0 Å². The van der Waals surface area contributed by atoms with Gasteiger partial charge >= 0.3 is 0 Å². The molecule has 0 bridgehead atoms. The molecule has 2 rings (SSSR count). The summed E-state index contributed by atoms with van der Waals surface area (Å²) in [7, 11) is 1.66. The van der Waals surface area contributed by atoms with Gasteiger partial charge in [0.2, 0.25) is 5.91 Å². The van der Waals surface area contributed by atoms with Crippen molar-refractivity contribution in [2.45, 2.75) is 33.2 Å². The van der Waals surface area contributed by atoms with Gasteiger partial charge in [-0.15, -0.1) is 0 Å². The summed E-state index contributed by atoms with van der Waals surface area (Å²) in [5.41, 5.74) is 3.42. The maximum atomic E-state index is 11.7. The summed E-state index contributed by atoms with van der Waals surface area (Å²) in [5.74, 6) is 7.14. The van der Waals surface area contributed by atoms with Gasteiger partial charge in [-0.1, -0.05) is 19.9 Å². The van der Waals surface area contributed by atoms with E-state index in [1.54, 1.807) is 7.11 Å². The largest absolute Gasteiger partial charge is 0.493 e. The lowest BCUT2D eigenvalue weighted by Gasteiger charge is -2.31. The number of amides is 1. The number of methoxy groups -OCH3 is 1. The number of rotatable bonds is 7. The standard InChI is InChI=1S/C18H29N3O3/c1-13(2)12-24-16-7-6-14(9-17(16)23-3)10-21-8-4-5-15(11-21)18(22)20-19/h6-7,9,13,15H,4-5,8,10-12,19H2,1-3H3,(H,20,22). The van der Waals surface area contributed by atoms with Gasteiger partial charge in [-0.2, -0.15) is 0 Å². The molecule has 1 unspecified atom stereocenters. The summed E-state index contributed by atoms with van der Waals surface area (Å²) < 4.78 is 11.3. The molecule has 1 aromatic rings. The highest BCUT2D eigenvalue weighted by Gasteiger charge is 2.25. The van der Waals surface area contributed by atoms with Crippen LogP contribution in [0.25, 0.3) is 0 Å². The van der Waals surface area contributed by atoms with Crippen LogP contribution in [0.4, 0.5) is 0 Å². The molecule has 0 spiro atoms. The number of carbonyl (C=O) groups excluding carboxylic acids is 1. The summed E-state index contributed by atoms with van der Waals surface area (Å²) in [4.78, 5) is 14.0. The number of piperidine rings is 1. The highest BCUT2D eigenvalue weighted by molar-refractivity contribution is 5.78. The van der Waals surface area contributed by atoms with Crippen molar-refractivity contribution in [3.05, 3.63) is 23.8 Å². The molecule has 0 saturated carbocycles. The summed E-state index contributed by atoms with van der Waals surface area (Å²) in [5, 5.41) is 0. The molecule has 6 heteroatoms. The molecule has 24 heavy (non-hydrogen) atoms. The Kier molecular flexibility index (Phi) is 6.87. The minimum Gasteiger partial charge on any atom is -0.493 e. The predicted octanol–water partition coefficient (Wildman–Crippen LogP) is 1.93. The van der Waals surface area contributed by atoms with Gasteiger partial charge in [-0.25, -0.2) is 5.84 Å². The first-order valence-corrected chi connectivity index (χ1v) is 8.56. The fraction of sp³-hybridized carbons (Fsp3) is 0.611. The molecule has 1 atom stereocenters. The molecule has 1 saturated heterocycles. The first kappa shape index (κ1) is 18.5. The average Bonchev–Trinajstić information content (AvgIpc) is 2.59. The van der Waals surface area contributed by atoms with E-state index in [1.807, 2.05) is 12.1 Å². The third-order valence-electron chi connectivity index (χ3n) is 4.22. The van der Waals surface area contributed by atoms with Gasteiger partial charge in [0.15, 0.2) is 11.5 Å². The van der Waals surface area contributed by atoms with Crippen molar-refractivity contribution >= 4 is 5.91 Å². The van der Waals surface area contributed by atoms with Crippen LogP contribution in [0.3, 0.4) is 0 Å². The number of hydrogen-bond acceptors (Lipinski definition) is 5. The molecule has 1 amide bonds. The Morgan fingerprint density at radius 1 is 1.42 bits per heavy atom. The zero-order valence-electron chi connectivity index (χ0n) is 14.9. The van der Waals surface area contributed by atoms with Crippen LogP contribution < -0.4 is 20.7 Å². The van der Waals surface area contributed by atoms with Crippen molar-refractivity contribution in [3.63, 3.8) is 0 Å². The number of hydrazine groups is 1. The molecule has 6 nitrogen and oxygen atoms in total. The number of nitrogens with zero attached hydrogens (tertiary/aromatic N) is 1. The molecule has 1 fully saturated rings. The van der Waals surface area contributed by atoms with Crippen LogP contribution in [0, 0.1) is 11.8 Å². The van der Waals surface area contributed by atoms with Crippen LogP contribution in [-0.2, 0) is 11.3 Å². The van der Waals surface area contributed by atoms with E-state index in [1.165, 1.54) is 0 Å². The fourth-order valence-electron chi connectivity index (χ4n) is 2.98. The van der Waals surface area contributed by atoms with E-state index in [-0.39, 0.29) is 11.8 Å². The number of ether oxygens (including phenoxy) is 2. The Bertz CT molecular complexity index is 548. The summed E-state index contributed by atoms with van der Waals surface area (Å²) in [6, 6.07) is 6.04. The molecule has 1 aliphatic rings. The Morgan fingerprint density at radius 3 is 2.88 bits per heavy atom. The molecule has 3 N–H and O–H groups in total. The Hall–Kier alpha value is -1.79. The summed E-state index contributed by atoms with van der Waals surface area (Å²) in [6.07, 6.45) is 1.90. The molecule has 134 valence electrons. The molecule has 0 aliphatic carbocycles. The van der Waals surface area contributed by atoms with E-state index in [0.717, 1.165) is 49.5 Å². The number of carbonyl (C=O) groups is 1. The number of hydrogen-bond donors (Lipinski definition) is 2. The smallest absolute Gasteiger partial charge is 0.238 e. The second-order valence-electron chi connectivity index (χ2n) is 6.77. The van der Waals surface area contributed by atoms with Gasteiger partial charge in [0.05, 0.1) is 19.6 Å². The average molecular weight is 335 g/mol. The SMILES string of the molecule is COc1cc(CN2CCCC(C(=O)NN)C2)ccc1OCC(C)C. The minimum atomic E-state index is -0.0743. The van der Waals surface area contributed by atoms with Crippen LogP contribution in [-0.4, -0.2) is 37.6 Å². The highest BCUT2D eigenvalue weighted by atomic mass is 16.5. The molecule has 0 radical (unpaired) electrons. The first-order chi connectivity index (χ1) is 11.5. The quantitative estimate of drug-likeness (QED) is 0.452. The van der Waals surface area contributed by atoms with E-state index in [0.29, 0.717) is 12.5 Å². The second-order valence-corrected chi connectivity index (χ2v) is 6.77. The highest BCUT2D eigenvalue weighted by Crippen LogP contribution is 2.29. The normalized spacial score (nSPS) is 18.5. The third kappa shape index (κ3) is 5.11. The zero-order chi connectivity index (χ0) is 17.5. The zero-order valence-corrected chi connectivity index (χ0v) is 14.9. The van der Waals surface area contributed by atoms with Crippen molar-refractivity contribution in [1.82, 2.24) is 10.3 Å². The van der Waals surface area contributed by atoms with E-state index in [2.05, 4.69) is 30.2 Å². The van der Waals surface area contributed by atoms with Gasteiger partial charge < -0.3 is 9.47 Å². The van der Waals surface area contributed by atoms with Gasteiger partial charge in [0.1, 0.15) is 0 Å². The van der Waals surface area contributed by atoms with Crippen LogP contribution in [0.15, 0.2) is 18.2 Å². The van der Waals surface area contributed by atoms with Crippen molar-refractivity contribution in [1.29, 1.82) is 0 Å². The number of benzene rings is 1. The summed E-state index contributed by atoms with van der Waals surface area (Å²) in [6.45, 7) is 7.41. The Balaban J connectivity index is 2.00. The topological polar surface area (TPSA) is 76.8 Å². The third-order valence-corrected chi connectivity index (χ3v) is 4.22. The monoisotopic (exact) mass is 335 g/mol. The lowest BCUT2D eigenvalue weighted by molar-refractivity contribution is -0.126. The number of nitrogens with two attached hydrogens (primary N) is 1. The summed E-state index contributed by atoms with van der Waals surface area (Å²) >= 11 is 0. The predicted molar refractivity (Wildman–Crippen MR) is 93.7 cm³/mol. The van der Waals surface area contributed by atoms with E-state index in [4.69, 9.17) is 15.3 Å². The molecular formula is C18H29N3O3. The van der Waals surface area contributed by atoms with E-state index >= 15 is 0 Å². The van der Waals surface area contributed by atoms with Gasteiger partial charge in [0, 0.05) is 13.1 Å². The van der Waals surface area contributed by atoms with Gasteiger partial charge in [-0.3, -0.25) is 15.1 Å². The first-order valence-electron chi connectivity index (χ1n) is 8.56. The lowest BCUT2D eigenvalue weighted by Crippen LogP contribution is -2.44. The maximum Gasteiger partial charge on any atom is 0.238 e. The number of likely N-dealkylation sites (tertiary alicyclic amines) is 1. The molecule has 1 aromatic carbocycles. The van der Waals surface area contributed by atoms with Gasteiger partial charge in [-0.05, 0) is 43.0 Å². The van der Waals surface area contributed by atoms with E-state index in [9.17, 15) is 4.79 Å². The molecular weight excluding hydrogens is 306 g/mol. The van der Waals surface area contributed by atoms with Crippen molar-refractivity contribution in [2.24, 2.45) is 17.7 Å². The van der Waals surface area contributed by atoms with Crippen LogP contribution in [0.1, 0.15) is 32.3 Å². The molecule has 1 heterocycles. The molecule has 1 aliphatic heterocycles. The Labute approximate surface area is 144 Å². The van der Waals surface area contributed by atoms with Crippen molar-refractivity contribution in [3.8, 4) is 11.5 Å².